The normalized spacial score (nSPS) is 15.3. The van der Waals surface area contributed by atoms with Gasteiger partial charge in [0.1, 0.15) is 0 Å². The van der Waals surface area contributed by atoms with E-state index in [1.807, 2.05) is 20.0 Å². The van der Waals surface area contributed by atoms with E-state index in [4.69, 9.17) is 10.5 Å². The molecule has 0 amide bonds. The molecule has 0 aromatic heterocycles. The molecule has 0 heterocycles. The molecule has 1 fully saturated rings. The Hall–Kier alpha value is -1.71. The van der Waals surface area contributed by atoms with Gasteiger partial charge in [0.15, 0.2) is 0 Å². The first-order chi connectivity index (χ1) is 9.61. The number of nitrogen functional groups attached to an aromatic ring is 1. The van der Waals surface area contributed by atoms with Crippen molar-refractivity contribution in [1.82, 2.24) is 0 Å². The van der Waals surface area contributed by atoms with Gasteiger partial charge in [0, 0.05) is 13.6 Å². The quantitative estimate of drug-likeness (QED) is 0.663. The van der Waals surface area contributed by atoms with Crippen molar-refractivity contribution in [3.8, 4) is 0 Å². The number of carbonyl (C=O) groups excluding carboxylic acids is 1. The van der Waals surface area contributed by atoms with E-state index >= 15 is 0 Å². The van der Waals surface area contributed by atoms with Gasteiger partial charge in [0.05, 0.1) is 23.5 Å². The van der Waals surface area contributed by atoms with Gasteiger partial charge >= 0.3 is 5.97 Å². The van der Waals surface area contributed by atoms with Gasteiger partial charge in [0.25, 0.3) is 0 Å². The maximum atomic E-state index is 11.8. The minimum Gasteiger partial charge on any atom is -0.462 e. The summed E-state index contributed by atoms with van der Waals surface area (Å²) in [7, 11) is 2.04. The molecule has 0 aliphatic heterocycles. The van der Waals surface area contributed by atoms with Gasteiger partial charge in [-0.15, -0.1) is 0 Å². The van der Waals surface area contributed by atoms with E-state index in [9.17, 15) is 4.79 Å². The van der Waals surface area contributed by atoms with Crippen LogP contribution in [0.15, 0.2) is 18.2 Å². The lowest BCUT2D eigenvalue weighted by Gasteiger charge is -2.24. The summed E-state index contributed by atoms with van der Waals surface area (Å²) >= 11 is 0. The predicted molar refractivity (Wildman–Crippen MR) is 82.0 cm³/mol. The molecule has 1 aliphatic carbocycles. The highest BCUT2D eigenvalue weighted by atomic mass is 16.5. The largest absolute Gasteiger partial charge is 0.462 e. The topological polar surface area (TPSA) is 55.6 Å². The molecule has 20 heavy (non-hydrogen) atoms. The first-order valence-corrected chi connectivity index (χ1v) is 7.39. The molecule has 0 bridgehead atoms. The lowest BCUT2D eigenvalue weighted by molar-refractivity contribution is 0.0526. The number of anilines is 2. The van der Waals surface area contributed by atoms with E-state index in [1.165, 1.54) is 25.7 Å². The molecular formula is C16H24N2O2. The number of hydrogen-bond acceptors (Lipinski definition) is 4. The number of rotatable bonds is 5. The minimum absolute atomic E-state index is 0.289. The molecule has 4 heteroatoms. The van der Waals surface area contributed by atoms with Crippen LogP contribution in [0.25, 0.3) is 0 Å². The second-order valence-electron chi connectivity index (χ2n) is 5.53. The summed E-state index contributed by atoms with van der Waals surface area (Å²) in [6.45, 7) is 3.19. The molecule has 1 aromatic rings. The summed E-state index contributed by atoms with van der Waals surface area (Å²) in [4.78, 5) is 14.0. The van der Waals surface area contributed by atoms with E-state index in [1.54, 1.807) is 12.1 Å². The average Bonchev–Trinajstić information content (AvgIpc) is 2.92. The third kappa shape index (κ3) is 3.44. The van der Waals surface area contributed by atoms with Gasteiger partial charge in [-0.05, 0) is 43.9 Å². The van der Waals surface area contributed by atoms with Crippen LogP contribution in [-0.4, -0.2) is 26.2 Å². The molecule has 1 aromatic carbocycles. The van der Waals surface area contributed by atoms with Gasteiger partial charge < -0.3 is 15.4 Å². The van der Waals surface area contributed by atoms with Crippen LogP contribution in [-0.2, 0) is 4.74 Å². The summed E-state index contributed by atoms with van der Waals surface area (Å²) in [5.74, 6) is 0.452. The third-order valence-corrected chi connectivity index (χ3v) is 3.96. The molecule has 0 unspecified atom stereocenters. The zero-order valence-electron chi connectivity index (χ0n) is 12.4. The fourth-order valence-corrected chi connectivity index (χ4v) is 2.89. The zero-order chi connectivity index (χ0) is 14.5. The molecule has 2 rings (SSSR count). The highest BCUT2D eigenvalue weighted by Gasteiger charge is 2.19. The van der Waals surface area contributed by atoms with Crippen LogP contribution in [0.3, 0.4) is 0 Å². The second kappa shape index (κ2) is 6.64. The van der Waals surface area contributed by atoms with Gasteiger partial charge in [-0.1, -0.05) is 12.8 Å². The third-order valence-electron chi connectivity index (χ3n) is 3.96. The van der Waals surface area contributed by atoms with E-state index in [-0.39, 0.29) is 5.97 Å². The molecule has 0 saturated heterocycles. The Balaban J connectivity index is 2.12. The SMILES string of the molecule is CCOC(=O)c1ccc(N)c(N(C)CC2CCCC2)c1. The maximum Gasteiger partial charge on any atom is 0.338 e. The number of ether oxygens (including phenoxy) is 1. The first kappa shape index (κ1) is 14.7. The molecule has 110 valence electrons. The monoisotopic (exact) mass is 276 g/mol. The van der Waals surface area contributed by atoms with Crippen LogP contribution in [0.1, 0.15) is 43.0 Å². The minimum atomic E-state index is -0.289. The fourth-order valence-electron chi connectivity index (χ4n) is 2.89. The van der Waals surface area contributed by atoms with Gasteiger partial charge in [-0.2, -0.15) is 0 Å². The fraction of sp³-hybridized carbons (Fsp3) is 0.562. The second-order valence-corrected chi connectivity index (χ2v) is 5.53. The number of carbonyl (C=O) groups is 1. The van der Waals surface area contributed by atoms with Gasteiger partial charge in [-0.3, -0.25) is 0 Å². The maximum absolute atomic E-state index is 11.8. The predicted octanol–water partition coefficient (Wildman–Crippen LogP) is 3.07. The van der Waals surface area contributed by atoms with Gasteiger partial charge in [0.2, 0.25) is 0 Å². The molecule has 2 N–H and O–H groups in total. The molecule has 1 aliphatic rings. The Kier molecular flexibility index (Phi) is 4.88. The molecule has 0 spiro atoms. The number of hydrogen-bond donors (Lipinski definition) is 1. The van der Waals surface area contributed by atoms with Crippen molar-refractivity contribution in [2.24, 2.45) is 5.92 Å². The molecular weight excluding hydrogens is 252 g/mol. The lowest BCUT2D eigenvalue weighted by atomic mass is 10.1. The number of nitrogens with two attached hydrogens (primary N) is 1. The Morgan fingerprint density at radius 1 is 1.40 bits per heavy atom. The van der Waals surface area contributed by atoms with Crippen molar-refractivity contribution in [3.63, 3.8) is 0 Å². The lowest BCUT2D eigenvalue weighted by Crippen LogP contribution is -2.25. The van der Waals surface area contributed by atoms with E-state index in [2.05, 4.69) is 4.90 Å². The Morgan fingerprint density at radius 2 is 2.10 bits per heavy atom. The van der Waals surface area contributed by atoms with Crippen molar-refractivity contribution in [3.05, 3.63) is 23.8 Å². The highest BCUT2D eigenvalue weighted by molar-refractivity contribution is 5.92. The molecule has 1 saturated carbocycles. The summed E-state index contributed by atoms with van der Waals surface area (Å²) < 4.78 is 5.04. The molecule has 0 atom stereocenters. The van der Waals surface area contributed by atoms with Crippen molar-refractivity contribution in [1.29, 1.82) is 0 Å². The van der Waals surface area contributed by atoms with E-state index in [0.717, 1.165) is 18.2 Å². The van der Waals surface area contributed by atoms with Crippen LogP contribution < -0.4 is 10.6 Å². The average molecular weight is 276 g/mol. The van der Waals surface area contributed by atoms with Crippen LogP contribution in [0.5, 0.6) is 0 Å². The standard InChI is InChI=1S/C16H24N2O2/c1-3-20-16(19)13-8-9-14(17)15(10-13)18(2)11-12-6-4-5-7-12/h8-10,12H,3-7,11,17H2,1-2H3. The van der Waals surface area contributed by atoms with Crippen LogP contribution in [0, 0.1) is 5.92 Å². The van der Waals surface area contributed by atoms with Crippen LogP contribution >= 0.6 is 0 Å². The molecule has 4 nitrogen and oxygen atoms in total. The summed E-state index contributed by atoms with van der Waals surface area (Å²) in [5, 5.41) is 0. The van der Waals surface area contributed by atoms with Crippen molar-refractivity contribution < 1.29 is 9.53 Å². The Labute approximate surface area is 120 Å². The number of nitrogens with zero attached hydrogens (tertiary/aromatic N) is 1. The van der Waals surface area contributed by atoms with Gasteiger partial charge in [-0.25, -0.2) is 4.79 Å². The summed E-state index contributed by atoms with van der Waals surface area (Å²) in [6.07, 6.45) is 5.25. The highest BCUT2D eigenvalue weighted by Crippen LogP contribution is 2.29. The van der Waals surface area contributed by atoms with Crippen LogP contribution in [0.2, 0.25) is 0 Å². The van der Waals surface area contributed by atoms with E-state index in [0.29, 0.717) is 17.9 Å². The van der Waals surface area contributed by atoms with Crippen molar-refractivity contribution in [2.75, 3.05) is 30.8 Å². The van der Waals surface area contributed by atoms with Crippen LogP contribution in [0.4, 0.5) is 11.4 Å². The zero-order valence-corrected chi connectivity index (χ0v) is 12.4. The van der Waals surface area contributed by atoms with Crippen molar-refractivity contribution in [2.45, 2.75) is 32.6 Å². The number of esters is 1. The van der Waals surface area contributed by atoms with E-state index < -0.39 is 0 Å². The first-order valence-electron chi connectivity index (χ1n) is 7.39. The van der Waals surface area contributed by atoms with Crippen molar-refractivity contribution >= 4 is 17.3 Å². The smallest absolute Gasteiger partial charge is 0.338 e. The Morgan fingerprint density at radius 3 is 2.75 bits per heavy atom. The molecule has 0 radical (unpaired) electrons. The summed E-state index contributed by atoms with van der Waals surface area (Å²) in [6, 6.07) is 5.34. The summed E-state index contributed by atoms with van der Waals surface area (Å²) in [5.41, 5.74) is 8.24. The Bertz CT molecular complexity index is 468. The number of benzene rings is 1.